The summed E-state index contributed by atoms with van der Waals surface area (Å²) in [7, 11) is 0. The molecule has 0 aliphatic carbocycles. The summed E-state index contributed by atoms with van der Waals surface area (Å²) < 4.78 is 26.5. The number of carbonyl (C=O) groups excluding carboxylic acids is 2. The number of hydrogen-bond acceptors (Lipinski definition) is 2. The van der Waals surface area contributed by atoms with Gasteiger partial charge in [-0.3, -0.25) is 9.59 Å². The standard InChI is InChI=1S/C19H20F2N2O2/c1-11-3-4-13(7-12(11)2)8-17(19(22)25)23-18(24)9-14-5-6-15(20)10-16(14)21/h3-7,10,17H,8-9H2,1-2H3,(H2,22,25)(H,23,24)/t17-/m0/s1. The van der Waals surface area contributed by atoms with E-state index < -0.39 is 29.5 Å². The van der Waals surface area contributed by atoms with E-state index >= 15 is 0 Å². The van der Waals surface area contributed by atoms with E-state index in [-0.39, 0.29) is 18.4 Å². The minimum Gasteiger partial charge on any atom is -0.368 e. The quantitative estimate of drug-likeness (QED) is 0.843. The number of halogens is 2. The van der Waals surface area contributed by atoms with Crippen LogP contribution >= 0.6 is 0 Å². The second-order valence-corrected chi connectivity index (χ2v) is 6.06. The van der Waals surface area contributed by atoms with Crippen molar-refractivity contribution in [2.75, 3.05) is 0 Å². The van der Waals surface area contributed by atoms with E-state index in [1.165, 1.54) is 6.07 Å². The van der Waals surface area contributed by atoms with Crippen LogP contribution in [0.25, 0.3) is 0 Å². The van der Waals surface area contributed by atoms with Gasteiger partial charge in [0.1, 0.15) is 17.7 Å². The van der Waals surface area contributed by atoms with Crippen molar-refractivity contribution < 1.29 is 18.4 Å². The Hall–Kier alpha value is -2.76. The average molecular weight is 346 g/mol. The topological polar surface area (TPSA) is 72.2 Å². The Balaban J connectivity index is 2.06. The van der Waals surface area contributed by atoms with Gasteiger partial charge in [-0.05, 0) is 42.2 Å². The van der Waals surface area contributed by atoms with Gasteiger partial charge in [0.05, 0.1) is 6.42 Å². The van der Waals surface area contributed by atoms with Gasteiger partial charge in [0.15, 0.2) is 0 Å². The molecule has 0 aliphatic rings. The number of benzene rings is 2. The van der Waals surface area contributed by atoms with Gasteiger partial charge in [-0.1, -0.05) is 24.3 Å². The molecular formula is C19H20F2N2O2. The van der Waals surface area contributed by atoms with Gasteiger partial charge in [0.25, 0.3) is 0 Å². The van der Waals surface area contributed by atoms with Gasteiger partial charge in [0, 0.05) is 12.5 Å². The minimum atomic E-state index is -0.905. The molecule has 2 aromatic rings. The van der Waals surface area contributed by atoms with Crippen LogP contribution in [0.3, 0.4) is 0 Å². The second-order valence-electron chi connectivity index (χ2n) is 6.06. The van der Waals surface area contributed by atoms with E-state index in [4.69, 9.17) is 5.73 Å². The molecule has 3 N–H and O–H groups in total. The van der Waals surface area contributed by atoms with Crippen LogP contribution in [0.4, 0.5) is 8.78 Å². The number of rotatable bonds is 6. The molecule has 0 unspecified atom stereocenters. The van der Waals surface area contributed by atoms with Crippen molar-refractivity contribution in [1.82, 2.24) is 5.32 Å². The van der Waals surface area contributed by atoms with E-state index in [1.54, 1.807) is 0 Å². The molecule has 132 valence electrons. The Morgan fingerprint density at radius 3 is 2.40 bits per heavy atom. The van der Waals surface area contributed by atoms with Gasteiger partial charge in [0.2, 0.25) is 11.8 Å². The van der Waals surface area contributed by atoms with E-state index in [0.717, 1.165) is 22.8 Å². The summed E-state index contributed by atoms with van der Waals surface area (Å²) >= 11 is 0. The van der Waals surface area contributed by atoms with Gasteiger partial charge < -0.3 is 11.1 Å². The highest BCUT2D eigenvalue weighted by Gasteiger charge is 2.20. The number of amides is 2. The van der Waals surface area contributed by atoms with E-state index in [0.29, 0.717) is 6.07 Å². The number of nitrogens with two attached hydrogens (primary N) is 1. The van der Waals surface area contributed by atoms with Crippen molar-refractivity contribution in [1.29, 1.82) is 0 Å². The molecule has 4 nitrogen and oxygen atoms in total. The zero-order valence-electron chi connectivity index (χ0n) is 14.1. The molecule has 0 bridgehead atoms. The Labute approximate surface area is 145 Å². The normalized spacial score (nSPS) is 11.8. The largest absolute Gasteiger partial charge is 0.368 e. The van der Waals surface area contributed by atoms with Crippen molar-refractivity contribution in [3.63, 3.8) is 0 Å². The van der Waals surface area contributed by atoms with Gasteiger partial charge in [-0.2, -0.15) is 0 Å². The van der Waals surface area contributed by atoms with Crippen LogP contribution < -0.4 is 11.1 Å². The first-order chi connectivity index (χ1) is 11.8. The van der Waals surface area contributed by atoms with E-state index in [1.807, 2.05) is 32.0 Å². The Bertz CT molecular complexity index is 806. The molecule has 0 aliphatic heterocycles. The van der Waals surface area contributed by atoms with Crippen LogP contribution in [0, 0.1) is 25.5 Å². The lowest BCUT2D eigenvalue weighted by atomic mass is 10.0. The molecule has 0 saturated carbocycles. The summed E-state index contributed by atoms with van der Waals surface area (Å²) in [6.45, 7) is 3.93. The maximum atomic E-state index is 13.6. The van der Waals surface area contributed by atoms with Gasteiger partial charge in [-0.25, -0.2) is 8.78 Å². The Morgan fingerprint density at radius 1 is 1.08 bits per heavy atom. The number of aryl methyl sites for hydroxylation is 2. The minimum absolute atomic E-state index is 0.0494. The zero-order valence-corrected chi connectivity index (χ0v) is 14.1. The smallest absolute Gasteiger partial charge is 0.240 e. The molecule has 0 saturated heterocycles. The molecule has 0 radical (unpaired) electrons. The van der Waals surface area contributed by atoms with Crippen molar-refractivity contribution in [3.05, 3.63) is 70.3 Å². The SMILES string of the molecule is Cc1ccc(C[C@H](NC(=O)Cc2ccc(F)cc2F)C(N)=O)cc1C. The van der Waals surface area contributed by atoms with Crippen LogP contribution in [0.1, 0.15) is 22.3 Å². The predicted octanol–water partition coefficient (Wildman–Crippen LogP) is 2.34. The highest BCUT2D eigenvalue weighted by molar-refractivity contribution is 5.87. The number of carbonyl (C=O) groups is 2. The molecule has 6 heteroatoms. The van der Waals surface area contributed by atoms with Crippen LogP contribution in [-0.4, -0.2) is 17.9 Å². The van der Waals surface area contributed by atoms with Gasteiger partial charge >= 0.3 is 0 Å². The molecule has 0 fully saturated rings. The third kappa shape index (κ3) is 5.11. The molecule has 0 aromatic heterocycles. The first kappa shape index (κ1) is 18.6. The van der Waals surface area contributed by atoms with Crippen molar-refractivity contribution >= 4 is 11.8 Å². The lowest BCUT2D eigenvalue weighted by Gasteiger charge is -2.16. The maximum Gasteiger partial charge on any atom is 0.240 e. The summed E-state index contributed by atoms with van der Waals surface area (Å²) in [5.74, 6) is -2.75. The fourth-order valence-corrected chi connectivity index (χ4v) is 2.47. The molecule has 2 aromatic carbocycles. The molecule has 2 rings (SSSR count). The van der Waals surface area contributed by atoms with Crippen molar-refractivity contribution in [3.8, 4) is 0 Å². The lowest BCUT2D eigenvalue weighted by molar-refractivity contribution is -0.127. The summed E-state index contributed by atoms with van der Waals surface area (Å²) in [6.07, 6.45) is -0.0586. The van der Waals surface area contributed by atoms with Crippen molar-refractivity contribution in [2.45, 2.75) is 32.7 Å². The molecule has 25 heavy (non-hydrogen) atoms. The van der Waals surface area contributed by atoms with E-state index in [2.05, 4.69) is 5.32 Å². The first-order valence-electron chi connectivity index (χ1n) is 7.85. The first-order valence-corrected chi connectivity index (χ1v) is 7.85. The number of hydrogen-bond donors (Lipinski definition) is 2. The van der Waals surface area contributed by atoms with E-state index in [9.17, 15) is 18.4 Å². The molecule has 1 atom stereocenters. The van der Waals surface area contributed by atoms with Crippen LogP contribution in [-0.2, 0) is 22.4 Å². The average Bonchev–Trinajstić information content (AvgIpc) is 2.53. The fourth-order valence-electron chi connectivity index (χ4n) is 2.47. The van der Waals surface area contributed by atoms with Crippen molar-refractivity contribution in [2.24, 2.45) is 5.73 Å². The van der Waals surface area contributed by atoms with Crippen LogP contribution in [0.5, 0.6) is 0 Å². The molecule has 2 amide bonds. The van der Waals surface area contributed by atoms with Gasteiger partial charge in [-0.15, -0.1) is 0 Å². The predicted molar refractivity (Wildman–Crippen MR) is 90.8 cm³/mol. The summed E-state index contributed by atoms with van der Waals surface area (Å²) in [6, 6.07) is 7.81. The third-order valence-electron chi connectivity index (χ3n) is 4.06. The molecular weight excluding hydrogens is 326 g/mol. The maximum absolute atomic E-state index is 13.6. The highest BCUT2D eigenvalue weighted by atomic mass is 19.1. The molecule has 0 spiro atoms. The monoisotopic (exact) mass is 346 g/mol. The van der Waals surface area contributed by atoms with Crippen LogP contribution in [0.2, 0.25) is 0 Å². The summed E-state index contributed by atoms with van der Waals surface area (Å²) in [5, 5.41) is 2.52. The summed E-state index contributed by atoms with van der Waals surface area (Å²) in [4.78, 5) is 23.7. The third-order valence-corrected chi connectivity index (χ3v) is 4.06. The molecule has 0 heterocycles. The number of primary amides is 1. The fraction of sp³-hybridized carbons (Fsp3) is 0.263. The summed E-state index contributed by atoms with van der Waals surface area (Å²) in [5.41, 5.74) is 8.47. The van der Waals surface area contributed by atoms with Crippen LogP contribution in [0.15, 0.2) is 36.4 Å². The Morgan fingerprint density at radius 2 is 1.80 bits per heavy atom. The second kappa shape index (κ2) is 7.88. The highest BCUT2D eigenvalue weighted by Crippen LogP contribution is 2.13. The lowest BCUT2D eigenvalue weighted by Crippen LogP contribution is -2.46. The number of nitrogens with one attached hydrogen (secondary N) is 1. The zero-order chi connectivity index (χ0) is 18.6. The Kier molecular flexibility index (Phi) is 5.85.